The molecule has 3 rings (SSSR count). The van der Waals surface area contributed by atoms with Crippen molar-refractivity contribution in [2.45, 2.75) is 56.5 Å². The number of imide groups is 1. The van der Waals surface area contributed by atoms with Crippen molar-refractivity contribution in [3.05, 3.63) is 24.8 Å². The first-order valence-electron chi connectivity index (χ1n) is 10.7. The summed E-state index contributed by atoms with van der Waals surface area (Å²) >= 11 is 0. The van der Waals surface area contributed by atoms with Gasteiger partial charge in [0, 0.05) is 39.5 Å². The molecule has 1 aliphatic carbocycles. The summed E-state index contributed by atoms with van der Waals surface area (Å²) in [7, 11) is 3.29. The molecule has 1 saturated carbocycles. The number of allylic oxidation sites excluding steroid dienone is 3. The Morgan fingerprint density at radius 1 is 1.23 bits per heavy atom. The molecule has 8 heteroatoms. The molecule has 1 N–H and O–H groups in total. The molecule has 5 amide bonds. The highest BCUT2D eigenvalue weighted by Crippen LogP contribution is 2.37. The van der Waals surface area contributed by atoms with Crippen LogP contribution in [-0.2, 0) is 14.4 Å². The fourth-order valence-corrected chi connectivity index (χ4v) is 4.49. The minimum Gasteiger partial charge on any atom is -0.339 e. The first-order valence-corrected chi connectivity index (χ1v) is 10.7. The van der Waals surface area contributed by atoms with Crippen molar-refractivity contribution in [1.29, 1.82) is 0 Å². The number of likely N-dealkylation sites (tertiary alicyclic amines) is 1. The molecule has 2 saturated heterocycles. The maximum Gasteiger partial charge on any atom is 0.324 e. The van der Waals surface area contributed by atoms with Gasteiger partial charge < -0.3 is 15.1 Å². The van der Waals surface area contributed by atoms with Crippen molar-refractivity contribution in [3.8, 4) is 0 Å². The Hall–Kier alpha value is -2.64. The lowest BCUT2D eigenvalue weighted by Gasteiger charge is -2.46. The molecule has 1 spiro atoms. The van der Waals surface area contributed by atoms with Crippen molar-refractivity contribution in [2.24, 2.45) is 5.92 Å². The van der Waals surface area contributed by atoms with Gasteiger partial charge in [-0.05, 0) is 38.5 Å². The van der Waals surface area contributed by atoms with Crippen LogP contribution < -0.4 is 5.32 Å². The van der Waals surface area contributed by atoms with Gasteiger partial charge in [-0.3, -0.25) is 19.3 Å². The third-order valence-corrected chi connectivity index (χ3v) is 6.66. The summed E-state index contributed by atoms with van der Waals surface area (Å²) in [6.07, 6.45) is 9.96. The first kappa shape index (κ1) is 22.1. The van der Waals surface area contributed by atoms with Crippen molar-refractivity contribution in [1.82, 2.24) is 20.0 Å². The summed E-state index contributed by atoms with van der Waals surface area (Å²) in [5, 5.41) is 2.81. The first-order chi connectivity index (χ1) is 14.3. The van der Waals surface area contributed by atoms with E-state index in [1.54, 1.807) is 11.9 Å². The lowest BCUT2D eigenvalue weighted by atomic mass is 9.75. The number of rotatable bonds is 7. The minimum absolute atomic E-state index is 0.0675. The molecule has 0 aromatic rings. The second-order valence-corrected chi connectivity index (χ2v) is 8.59. The van der Waals surface area contributed by atoms with Crippen LogP contribution >= 0.6 is 0 Å². The van der Waals surface area contributed by atoms with E-state index in [-0.39, 0.29) is 35.7 Å². The van der Waals surface area contributed by atoms with Crippen molar-refractivity contribution in [3.63, 3.8) is 0 Å². The van der Waals surface area contributed by atoms with Gasteiger partial charge in [-0.15, -0.1) is 6.58 Å². The molecule has 3 aliphatic rings. The summed E-state index contributed by atoms with van der Waals surface area (Å²) in [4.78, 5) is 54.0. The second-order valence-electron chi connectivity index (χ2n) is 8.59. The molecule has 0 aromatic heterocycles. The van der Waals surface area contributed by atoms with Gasteiger partial charge in [0.25, 0.3) is 5.91 Å². The van der Waals surface area contributed by atoms with Crippen LogP contribution in [0.15, 0.2) is 24.8 Å². The molecule has 3 fully saturated rings. The predicted molar refractivity (Wildman–Crippen MR) is 112 cm³/mol. The van der Waals surface area contributed by atoms with Crippen LogP contribution in [0.25, 0.3) is 0 Å². The normalized spacial score (nSPS) is 26.8. The van der Waals surface area contributed by atoms with Gasteiger partial charge in [0.15, 0.2) is 0 Å². The molecule has 8 nitrogen and oxygen atoms in total. The Kier molecular flexibility index (Phi) is 6.63. The van der Waals surface area contributed by atoms with E-state index >= 15 is 0 Å². The number of nitrogens with zero attached hydrogens (tertiary/aromatic N) is 3. The largest absolute Gasteiger partial charge is 0.339 e. The number of hydrogen-bond acceptors (Lipinski definition) is 4. The summed E-state index contributed by atoms with van der Waals surface area (Å²) < 4.78 is 0. The van der Waals surface area contributed by atoms with Crippen LogP contribution in [0.1, 0.15) is 44.9 Å². The quantitative estimate of drug-likeness (QED) is 0.505. The minimum atomic E-state index is -0.827. The highest BCUT2D eigenvalue weighted by Gasteiger charge is 2.52. The number of carbonyl (C=O) groups excluding carboxylic acids is 4. The molecule has 2 heterocycles. The fourth-order valence-electron chi connectivity index (χ4n) is 4.49. The molecular weight excluding hydrogens is 384 g/mol. The van der Waals surface area contributed by atoms with Crippen LogP contribution in [0.5, 0.6) is 0 Å². The highest BCUT2D eigenvalue weighted by molar-refractivity contribution is 6.06. The number of carbonyl (C=O) groups is 4. The van der Waals surface area contributed by atoms with E-state index in [0.717, 1.165) is 11.3 Å². The van der Waals surface area contributed by atoms with E-state index in [4.69, 9.17) is 0 Å². The van der Waals surface area contributed by atoms with E-state index in [1.165, 1.54) is 7.05 Å². The SMILES string of the molecule is C=CC/C=C/CCC(=O)N(C)C1CN(C(=O)C2CCC3(CC2)NC(=O)N(C)C3=O)C1. The Morgan fingerprint density at radius 3 is 2.47 bits per heavy atom. The number of likely N-dealkylation sites (N-methyl/N-ethyl adjacent to an activating group) is 2. The average molecular weight is 417 g/mol. The number of hydrogen-bond donors (Lipinski definition) is 1. The van der Waals surface area contributed by atoms with Gasteiger partial charge in [-0.2, -0.15) is 0 Å². The lowest BCUT2D eigenvalue weighted by Crippen LogP contribution is -2.62. The predicted octanol–water partition coefficient (Wildman–Crippen LogP) is 1.68. The molecule has 30 heavy (non-hydrogen) atoms. The summed E-state index contributed by atoms with van der Waals surface area (Å²) in [6.45, 7) is 4.78. The van der Waals surface area contributed by atoms with Crippen LogP contribution in [0.4, 0.5) is 4.79 Å². The zero-order chi connectivity index (χ0) is 21.9. The maximum absolute atomic E-state index is 12.8. The standard InChI is InChI=1S/C22H32N4O4/c1-4-5-6-7-8-9-18(27)24(2)17-14-26(15-17)19(28)16-10-12-22(13-11-16)20(29)25(3)21(30)23-22/h4,6-7,16-17H,1,5,8-15H2,2-3H3,(H,23,30)/b7-6+. The monoisotopic (exact) mass is 416 g/mol. The van der Waals surface area contributed by atoms with E-state index in [1.807, 2.05) is 23.1 Å². The van der Waals surface area contributed by atoms with Gasteiger partial charge in [0.05, 0.1) is 6.04 Å². The smallest absolute Gasteiger partial charge is 0.324 e. The molecule has 0 bridgehead atoms. The number of nitrogens with one attached hydrogen (secondary N) is 1. The third kappa shape index (κ3) is 4.27. The molecule has 164 valence electrons. The molecule has 0 radical (unpaired) electrons. The molecule has 0 unspecified atom stereocenters. The number of urea groups is 1. The van der Waals surface area contributed by atoms with E-state index in [0.29, 0.717) is 51.6 Å². The molecular formula is C22H32N4O4. The van der Waals surface area contributed by atoms with Gasteiger partial charge >= 0.3 is 6.03 Å². The molecule has 0 aromatic carbocycles. The van der Waals surface area contributed by atoms with E-state index < -0.39 is 5.54 Å². The zero-order valence-corrected chi connectivity index (χ0v) is 17.9. The summed E-state index contributed by atoms with van der Waals surface area (Å²) in [5.41, 5.74) is -0.827. The Labute approximate surface area is 177 Å². The van der Waals surface area contributed by atoms with Gasteiger partial charge in [-0.25, -0.2) is 4.79 Å². The second kappa shape index (κ2) is 9.02. The Bertz CT molecular complexity index is 748. The lowest BCUT2D eigenvalue weighted by molar-refractivity contribution is -0.149. The Balaban J connectivity index is 1.41. The highest BCUT2D eigenvalue weighted by atomic mass is 16.2. The maximum atomic E-state index is 12.8. The van der Waals surface area contributed by atoms with Crippen LogP contribution in [-0.4, -0.2) is 77.2 Å². The van der Waals surface area contributed by atoms with Gasteiger partial charge in [-0.1, -0.05) is 18.2 Å². The van der Waals surface area contributed by atoms with Gasteiger partial charge in [0.1, 0.15) is 5.54 Å². The Morgan fingerprint density at radius 2 is 1.90 bits per heavy atom. The van der Waals surface area contributed by atoms with Crippen LogP contribution in [0, 0.1) is 5.92 Å². The van der Waals surface area contributed by atoms with Crippen molar-refractivity contribution >= 4 is 23.8 Å². The fraction of sp³-hybridized carbons (Fsp3) is 0.636. The van der Waals surface area contributed by atoms with E-state index in [2.05, 4.69) is 11.9 Å². The molecule has 2 aliphatic heterocycles. The topological polar surface area (TPSA) is 90.0 Å². The van der Waals surface area contributed by atoms with E-state index in [9.17, 15) is 19.2 Å². The zero-order valence-electron chi connectivity index (χ0n) is 17.9. The van der Waals surface area contributed by atoms with Crippen LogP contribution in [0.3, 0.4) is 0 Å². The summed E-state index contributed by atoms with van der Waals surface area (Å²) in [5.74, 6) is -0.126. The van der Waals surface area contributed by atoms with Crippen LogP contribution in [0.2, 0.25) is 0 Å². The average Bonchev–Trinajstić information content (AvgIpc) is 2.90. The third-order valence-electron chi connectivity index (χ3n) is 6.66. The summed E-state index contributed by atoms with van der Waals surface area (Å²) in [6, 6.07) is -0.294. The van der Waals surface area contributed by atoms with Gasteiger partial charge in [0.2, 0.25) is 11.8 Å². The van der Waals surface area contributed by atoms with Crippen molar-refractivity contribution < 1.29 is 19.2 Å². The number of amides is 5. The van der Waals surface area contributed by atoms with Crippen molar-refractivity contribution in [2.75, 3.05) is 27.2 Å². The molecule has 0 atom stereocenters.